The molecule has 4 nitrogen and oxygen atoms in total. The predicted octanol–water partition coefficient (Wildman–Crippen LogP) is 3.47. The molecule has 2 aromatic rings. The van der Waals surface area contributed by atoms with Gasteiger partial charge in [-0.15, -0.1) is 0 Å². The number of hydrogen-bond acceptors (Lipinski definition) is 4. The average Bonchev–Trinajstić information content (AvgIpc) is 3.05. The van der Waals surface area contributed by atoms with Gasteiger partial charge in [0.05, 0.1) is 6.04 Å². The van der Waals surface area contributed by atoms with Crippen molar-refractivity contribution in [1.82, 2.24) is 9.97 Å². The normalized spacial score (nSPS) is 22.3. The number of nitriles is 1. The molecule has 2 fully saturated rings. The summed E-state index contributed by atoms with van der Waals surface area (Å²) in [4.78, 5) is 11.1. The highest BCUT2D eigenvalue weighted by molar-refractivity contribution is 5.46. The van der Waals surface area contributed by atoms with Gasteiger partial charge in [0.1, 0.15) is 11.8 Å². The standard InChI is InChI=1S/C18H18N4/c19-12-15-8-11-20-17(21-15)22-13-18(9-4-5-10-18)16(22)14-6-2-1-3-7-14/h1-3,6-8,11,16H,4-5,9-10,13H2. The number of hydrogen-bond donors (Lipinski definition) is 0. The second kappa shape index (κ2) is 5.10. The van der Waals surface area contributed by atoms with Crippen molar-refractivity contribution in [2.45, 2.75) is 31.7 Å². The van der Waals surface area contributed by atoms with Crippen LogP contribution in [0.3, 0.4) is 0 Å². The van der Waals surface area contributed by atoms with Crippen LogP contribution in [0.4, 0.5) is 5.95 Å². The summed E-state index contributed by atoms with van der Waals surface area (Å²) in [5, 5.41) is 9.06. The molecule has 1 spiro atoms. The Morgan fingerprint density at radius 3 is 2.64 bits per heavy atom. The van der Waals surface area contributed by atoms with Gasteiger partial charge in [-0.05, 0) is 24.5 Å². The van der Waals surface area contributed by atoms with Gasteiger partial charge in [-0.2, -0.15) is 5.26 Å². The number of aromatic nitrogens is 2. The van der Waals surface area contributed by atoms with Crippen molar-refractivity contribution in [1.29, 1.82) is 5.26 Å². The molecule has 0 amide bonds. The first-order chi connectivity index (χ1) is 10.8. The molecule has 1 aliphatic carbocycles. The van der Waals surface area contributed by atoms with Crippen molar-refractivity contribution in [2.24, 2.45) is 5.41 Å². The van der Waals surface area contributed by atoms with Gasteiger partial charge in [-0.3, -0.25) is 0 Å². The van der Waals surface area contributed by atoms with Gasteiger partial charge in [-0.1, -0.05) is 43.2 Å². The quantitative estimate of drug-likeness (QED) is 0.849. The summed E-state index contributed by atoms with van der Waals surface area (Å²) >= 11 is 0. The second-order valence-electron chi connectivity index (χ2n) is 6.36. The van der Waals surface area contributed by atoms with Crippen LogP contribution in [-0.2, 0) is 0 Å². The molecule has 1 atom stereocenters. The first-order valence-corrected chi connectivity index (χ1v) is 7.87. The Balaban J connectivity index is 1.72. The second-order valence-corrected chi connectivity index (χ2v) is 6.36. The fraction of sp³-hybridized carbons (Fsp3) is 0.389. The van der Waals surface area contributed by atoms with E-state index in [1.165, 1.54) is 31.2 Å². The highest BCUT2D eigenvalue weighted by Crippen LogP contribution is 2.58. The smallest absolute Gasteiger partial charge is 0.227 e. The number of rotatable bonds is 2. The highest BCUT2D eigenvalue weighted by atomic mass is 15.3. The molecule has 110 valence electrons. The van der Waals surface area contributed by atoms with Gasteiger partial charge in [0.25, 0.3) is 0 Å². The first kappa shape index (κ1) is 13.3. The van der Waals surface area contributed by atoms with Crippen molar-refractivity contribution >= 4 is 5.95 Å². The average molecular weight is 290 g/mol. The third kappa shape index (κ3) is 1.97. The molecule has 1 saturated carbocycles. The Bertz CT molecular complexity index is 713. The zero-order chi connectivity index (χ0) is 15.0. The van der Waals surface area contributed by atoms with Crippen LogP contribution in [0.1, 0.15) is 43.0 Å². The molecule has 1 saturated heterocycles. The molecule has 4 rings (SSSR count). The Morgan fingerprint density at radius 2 is 1.91 bits per heavy atom. The van der Waals surface area contributed by atoms with Crippen LogP contribution in [0.2, 0.25) is 0 Å². The van der Waals surface area contributed by atoms with Crippen molar-refractivity contribution in [2.75, 3.05) is 11.4 Å². The van der Waals surface area contributed by atoms with Crippen molar-refractivity contribution in [3.05, 3.63) is 53.9 Å². The van der Waals surface area contributed by atoms with Crippen LogP contribution >= 0.6 is 0 Å². The van der Waals surface area contributed by atoms with E-state index in [1.807, 2.05) is 0 Å². The first-order valence-electron chi connectivity index (χ1n) is 7.87. The van der Waals surface area contributed by atoms with E-state index >= 15 is 0 Å². The van der Waals surface area contributed by atoms with Crippen molar-refractivity contribution in [3.63, 3.8) is 0 Å². The highest BCUT2D eigenvalue weighted by Gasteiger charge is 2.55. The molecule has 1 unspecified atom stereocenters. The van der Waals surface area contributed by atoms with Crippen LogP contribution in [0, 0.1) is 16.7 Å². The molecular weight excluding hydrogens is 272 g/mol. The Labute approximate surface area is 130 Å². The van der Waals surface area contributed by atoms with E-state index < -0.39 is 0 Å². The van der Waals surface area contributed by atoms with Crippen LogP contribution in [0.25, 0.3) is 0 Å². The number of anilines is 1. The summed E-state index contributed by atoms with van der Waals surface area (Å²) in [6.45, 7) is 1.00. The van der Waals surface area contributed by atoms with Crippen molar-refractivity contribution in [3.8, 4) is 6.07 Å². The number of nitrogens with zero attached hydrogens (tertiary/aromatic N) is 4. The fourth-order valence-electron chi connectivity index (χ4n) is 4.15. The fourth-order valence-corrected chi connectivity index (χ4v) is 4.15. The minimum atomic E-state index is 0.338. The van der Waals surface area contributed by atoms with E-state index in [0.717, 1.165) is 6.54 Å². The van der Waals surface area contributed by atoms with Gasteiger partial charge in [-0.25, -0.2) is 9.97 Å². The van der Waals surface area contributed by atoms with Crippen molar-refractivity contribution < 1.29 is 0 Å². The third-order valence-electron chi connectivity index (χ3n) is 5.11. The molecular formula is C18H18N4. The zero-order valence-corrected chi connectivity index (χ0v) is 12.4. The summed E-state index contributed by atoms with van der Waals surface area (Å²) < 4.78 is 0. The lowest BCUT2D eigenvalue weighted by Crippen LogP contribution is -2.58. The summed E-state index contributed by atoms with van der Waals surface area (Å²) in [6, 6.07) is 14.8. The lowest BCUT2D eigenvalue weighted by Gasteiger charge is -2.56. The predicted molar refractivity (Wildman–Crippen MR) is 84.2 cm³/mol. The lowest BCUT2D eigenvalue weighted by molar-refractivity contribution is 0.133. The molecule has 0 radical (unpaired) electrons. The summed E-state index contributed by atoms with van der Waals surface area (Å²) in [7, 11) is 0. The van der Waals surface area contributed by atoms with Crippen LogP contribution < -0.4 is 4.90 Å². The maximum absolute atomic E-state index is 9.06. The van der Waals surface area contributed by atoms with Gasteiger partial charge in [0.2, 0.25) is 5.95 Å². The minimum absolute atomic E-state index is 0.338. The molecule has 1 aromatic carbocycles. The summed E-state index contributed by atoms with van der Waals surface area (Å²) in [6.07, 6.45) is 6.87. The number of benzene rings is 1. The van der Waals surface area contributed by atoms with Gasteiger partial charge in [0.15, 0.2) is 0 Å². The molecule has 1 aliphatic heterocycles. The SMILES string of the molecule is N#Cc1ccnc(N2CC3(CCCC3)C2c2ccccc2)n1. The van der Waals surface area contributed by atoms with E-state index in [2.05, 4.69) is 51.3 Å². The van der Waals surface area contributed by atoms with Crippen LogP contribution in [-0.4, -0.2) is 16.5 Å². The van der Waals surface area contributed by atoms with Gasteiger partial charge >= 0.3 is 0 Å². The largest absolute Gasteiger partial charge is 0.332 e. The molecule has 2 heterocycles. The van der Waals surface area contributed by atoms with E-state index in [0.29, 0.717) is 23.1 Å². The molecule has 22 heavy (non-hydrogen) atoms. The maximum atomic E-state index is 9.06. The van der Waals surface area contributed by atoms with Gasteiger partial charge in [0, 0.05) is 18.2 Å². The lowest BCUT2D eigenvalue weighted by atomic mass is 9.67. The molecule has 1 aromatic heterocycles. The monoisotopic (exact) mass is 290 g/mol. The van der Waals surface area contributed by atoms with E-state index in [4.69, 9.17) is 5.26 Å². The third-order valence-corrected chi connectivity index (χ3v) is 5.11. The van der Waals surface area contributed by atoms with Gasteiger partial charge < -0.3 is 4.90 Å². The Morgan fingerprint density at radius 1 is 1.14 bits per heavy atom. The molecule has 4 heteroatoms. The molecule has 0 N–H and O–H groups in total. The van der Waals surface area contributed by atoms with E-state index in [1.54, 1.807) is 12.3 Å². The van der Waals surface area contributed by atoms with Crippen LogP contribution in [0.5, 0.6) is 0 Å². The van der Waals surface area contributed by atoms with Crippen LogP contribution in [0.15, 0.2) is 42.6 Å². The Kier molecular flexibility index (Phi) is 3.07. The molecule has 2 aliphatic rings. The summed E-state index contributed by atoms with van der Waals surface area (Å²) in [5.41, 5.74) is 2.14. The van der Waals surface area contributed by atoms with E-state index in [-0.39, 0.29) is 0 Å². The maximum Gasteiger partial charge on any atom is 0.227 e. The molecule has 0 bridgehead atoms. The zero-order valence-electron chi connectivity index (χ0n) is 12.4. The topological polar surface area (TPSA) is 52.8 Å². The van der Waals surface area contributed by atoms with E-state index in [9.17, 15) is 0 Å². The minimum Gasteiger partial charge on any atom is -0.332 e. The summed E-state index contributed by atoms with van der Waals surface area (Å²) in [5.74, 6) is 0.686. The Hall–Kier alpha value is -2.41.